The highest BCUT2D eigenvalue weighted by molar-refractivity contribution is 7.90. The zero-order chi connectivity index (χ0) is 18.1. The highest BCUT2D eigenvalue weighted by atomic mass is 32.2. The zero-order valence-electron chi connectivity index (χ0n) is 13.9. The van der Waals surface area contributed by atoms with Crippen molar-refractivity contribution >= 4 is 31.0 Å². The van der Waals surface area contributed by atoms with Crippen LogP contribution in [0.1, 0.15) is 27.7 Å². The molecule has 0 atom stereocenters. The highest BCUT2D eigenvalue weighted by Crippen LogP contribution is 2.33. The molecule has 0 aliphatic heterocycles. The zero-order valence-corrected chi connectivity index (χ0v) is 15.5. The van der Waals surface area contributed by atoms with E-state index >= 15 is 0 Å². The molecule has 0 aliphatic carbocycles. The van der Waals surface area contributed by atoms with Gasteiger partial charge in [0.1, 0.15) is 9.79 Å². The minimum Gasteiger partial charge on any atom is -0.264 e. The molecule has 0 unspecified atom stereocenters. The van der Waals surface area contributed by atoms with Crippen molar-refractivity contribution in [1.82, 2.24) is 0 Å². The van der Waals surface area contributed by atoms with Crippen LogP contribution in [0.25, 0.3) is 10.8 Å². The quantitative estimate of drug-likeness (QED) is 0.724. The van der Waals surface area contributed by atoms with E-state index in [0.717, 1.165) is 0 Å². The summed E-state index contributed by atoms with van der Waals surface area (Å²) in [5, 5.41) is 0.860. The molecule has 0 heterocycles. The van der Waals surface area contributed by atoms with Crippen molar-refractivity contribution < 1.29 is 25.2 Å². The van der Waals surface area contributed by atoms with E-state index in [-0.39, 0.29) is 5.39 Å². The molecule has 0 N–H and O–H groups in total. The van der Waals surface area contributed by atoms with Crippen molar-refractivity contribution in [2.24, 2.45) is 0 Å². The lowest BCUT2D eigenvalue weighted by atomic mass is 10.1. The molecule has 0 saturated carbocycles. The lowest BCUT2D eigenvalue weighted by Gasteiger charge is -2.16. The molecule has 0 radical (unpaired) electrons. The van der Waals surface area contributed by atoms with Crippen molar-refractivity contribution in [3.05, 3.63) is 36.4 Å². The van der Waals surface area contributed by atoms with Crippen molar-refractivity contribution in [3.63, 3.8) is 0 Å². The second-order valence-corrected chi connectivity index (χ2v) is 8.86. The second kappa shape index (κ2) is 6.79. The molecule has 24 heavy (non-hydrogen) atoms. The number of fused-ring (bicyclic) bond motifs is 1. The minimum atomic E-state index is -4.29. The van der Waals surface area contributed by atoms with Crippen LogP contribution in [0.15, 0.2) is 46.2 Å². The van der Waals surface area contributed by atoms with Crippen LogP contribution in [-0.4, -0.2) is 29.0 Å². The van der Waals surface area contributed by atoms with Gasteiger partial charge in [0, 0.05) is 5.39 Å². The number of hydrogen-bond donors (Lipinski definition) is 0. The normalized spacial score (nSPS) is 13.1. The maximum absolute atomic E-state index is 12.7. The average Bonchev–Trinajstić information content (AvgIpc) is 2.43. The van der Waals surface area contributed by atoms with Gasteiger partial charge >= 0.3 is 0 Å². The van der Waals surface area contributed by atoms with Gasteiger partial charge in [0.15, 0.2) is 0 Å². The standard InChI is InChI=1S/C16H20O6S2/c1-11(2)21-23(17,18)15-10-9-13-7-5-6-8-14(13)16(15)24(19,20)22-12(3)4/h5-12H,1-4H3. The molecular weight excluding hydrogens is 352 g/mol. The van der Waals surface area contributed by atoms with E-state index in [2.05, 4.69) is 0 Å². The van der Waals surface area contributed by atoms with E-state index in [9.17, 15) is 16.8 Å². The Bertz CT molecular complexity index is 944. The smallest absolute Gasteiger partial charge is 0.264 e. The molecule has 0 bridgehead atoms. The minimum absolute atomic E-state index is 0.270. The van der Waals surface area contributed by atoms with Crippen LogP contribution in [0.4, 0.5) is 0 Å². The lowest BCUT2D eigenvalue weighted by Crippen LogP contribution is -2.19. The van der Waals surface area contributed by atoms with Gasteiger partial charge in [-0.1, -0.05) is 30.3 Å². The number of benzene rings is 2. The van der Waals surface area contributed by atoms with Crippen LogP contribution in [0.5, 0.6) is 0 Å². The van der Waals surface area contributed by atoms with E-state index in [4.69, 9.17) is 8.37 Å². The largest absolute Gasteiger partial charge is 0.299 e. The van der Waals surface area contributed by atoms with Gasteiger partial charge < -0.3 is 0 Å². The Morgan fingerprint density at radius 2 is 1.29 bits per heavy atom. The van der Waals surface area contributed by atoms with Gasteiger partial charge in [0.25, 0.3) is 20.2 Å². The molecule has 2 rings (SSSR count). The summed E-state index contributed by atoms with van der Waals surface area (Å²) in [5.41, 5.74) is 0. The third-order valence-electron chi connectivity index (χ3n) is 3.00. The molecule has 2 aromatic rings. The predicted octanol–water partition coefficient (Wildman–Crippen LogP) is 3.07. The fourth-order valence-electron chi connectivity index (χ4n) is 2.28. The first-order valence-corrected chi connectivity index (χ1v) is 10.2. The van der Waals surface area contributed by atoms with Crippen LogP contribution in [0.3, 0.4) is 0 Å². The van der Waals surface area contributed by atoms with E-state index in [1.165, 1.54) is 6.07 Å². The maximum atomic E-state index is 12.7. The summed E-state index contributed by atoms with van der Waals surface area (Å²) >= 11 is 0. The second-order valence-electron chi connectivity index (χ2n) is 5.81. The highest BCUT2D eigenvalue weighted by Gasteiger charge is 2.31. The molecule has 0 spiro atoms. The third-order valence-corrected chi connectivity index (χ3v) is 6.23. The molecule has 0 aromatic heterocycles. The van der Waals surface area contributed by atoms with Gasteiger partial charge in [0.05, 0.1) is 12.2 Å². The van der Waals surface area contributed by atoms with Crippen molar-refractivity contribution in [2.45, 2.75) is 49.7 Å². The Morgan fingerprint density at radius 1 is 0.750 bits per heavy atom. The van der Waals surface area contributed by atoms with Crippen LogP contribution in [0, 0.1) is 0 Å². The Balaban J connectivity index is 2.85. The molecular formula is C16H20O6S2. The molecule has 6 nitrogen and oxygen atoms in total. The van der Waals surface area contributed by atoms with Gasteiger partial charge in [-0.05, 0) is 39.1 Å². The Kier molecular flexibility index (Phi) is 5.34. The summed E-state index contributed by atoms with van der Waals surface area (Å²) in [6.45, 7) is 6.22. The average molecular weight is 372 g/mol. The predicted molar refractivity (Wildman–Crippen MR) is 90.8 cm³/mol. The summed E-state index contributed by atoms with van der Waals surface area (Å²) in [5.74, 6) is 0. The van der Waals surface area contributed by atoms with E-state index in [1.807, 2.05) is 0 Å². The van der Waals surface area contributed by atoms with Crippen LogP contribution in [0.2, 0.25) is 0 Å². The monoisotopic (exact) mass is 372 g/mol. The van der Waals surface area contributed by atoms with Crippen molar-refractivity contribution in [3.8, 4) is 0 Å². The summed E-state index contributed by atoms with van der Waals surface area (Å²) < 4.78 is 60.3. The molecule has 0 aliphatic rings. The first-order valence-electron chi connectivity index (χ1n) is 7.43. The Labute approximate surface area is 142 Å². The molecule has 0 amide bonds. The lowest BCUT2D eigenvalue weighted by molar-refractivity contribution is 0.242. The van der Waals surface area contributed by atoms with Crippen LogP contribution < -0.4 is 0 Å². The van der Waals surface area contributed by atoms with Gasteiger partial charge in [-0.2, -0.15) is 16.8 Å². The van der Waals surface area contributed by atoms with Gasteiger partial charge in [0.2, 0.25) is 0 Å². The van der Waals surface area contributed by atoms with E-state index in [0.29, 0.717) is 5.39 Å². The van der Waals surface area contributed by atoms with E-state index in [1.54, 1.807) is 58.0 Å². The first-order chi connectivity index (χ1) is 11.0. The fourth-order valence-corrected chi connectivity index (χ4v) is 5.45. The van der Waals surface area contributed by atoms with Gasteiger partial charge in [-0.25, -0.2) is 0 Å². The molecule has 132 valence electrons. The first kappa shape index (κ1) is 18.9. The summed E-state index contributed by atoms with van der Waals surface area (Å²) in [6, 6.07) is 9.39. The summed E-state index contributed by atoms with van der Waals surface area (Å²) in [6.07, 6.45) is -1.25. The summed E-state index contributed by atoms with van der Waals surface area (Å²) in [7, 11) is -8.55. The van der Waals surface area contributed by atoms with Crippen molar-refractivity contribution in [2.75, 3.05) is 0 Å². The van der Waals surface area contributed by atoms with Crippen LogP contribution in [-0.2, 0) is 28.6 Å². The van der Waals surface area contributed by atoms with Crippen LogP contribution >= 0.6 is 0 Å². The fraction of sp³-hybridized carbons (Fsp3) is 0.375. The third kappa shape index (κ3) is 3.94. The molecule has 0 fully saturated rings. The molecule has 0 saturated heterocycles. The number of hydrogen-bond acceptors (Lipinski definition) is 6. The molecule has 8 heteroatoms. The topological polar surface area (TPSA) is 86.7 Å². The van der Waals surface area contributed by atoms with Gasteiger partial charge in [-0.3, -0.25) is 8.37 Å². The Hall–Kier alpha value is -1.48. The van der Waals surface area contributed by atoms with E-state index < -0.39 is 42.2 Å². The maximum Gasteiger partial charge on any atom is 0.299 e. The Morgan fingerprint density at radius 3 is 1.88 bits per heavy atom. The molecule has 2 aromatic carbocycles. The van der Waals surface area contributed by atoms with Gasteiger partial charge in [-0.15, -0.1) is 0 Å². The number of rotatable bonds is 6. The van der Waals surface area contributed by atoms with Crippen molar-refractivity contribution in [1.29, 1.82) is 0 Å². The SMILES string of the molecule is CC(C)OS(=O)(=O)c1ccc2ccccc2c1S(=O)(=O)OC(C)C. The summed E-state index contributed by atoms with van der Waals surface area (Å²) in [4.78, 5) is -0.814.